The molecule has 9 heavy (non-hydrogen) atoms. The fraction of sp³-hybridized carbons (Fsp3) is 1.00. The van der Waals surface area contributed by atoms with Crippen molar-refractivity contribution in [1.29, 1.82) is 0 Å². The van der Waals surface area contributed by atoms with Crippen molar-refractivity contribution in [2.24, 2.45) is 0 Å². The molecule has 1 atom stereocenters. The van der Waals surface area contributed by atoms with Gasteiger partial charge >= 0.3 is 0 Å². The lowest BCUT2D eigenvalue weighted by atomic mass is 10.0. The lowest BCUT2D eigenvalue weighted by Crippen LogP contribution is -2.38. The van der Waals surface area contributed by atoms with E-state index in [9.17, 15) is 5.21 Å². The summed E-state index contributed by atoms with van der Waals surface area (Å²) in [5.41, 5.74) is -0.212. The van der Waals surface area contributed by atoms with E-state index < -0.39 is 6.02 Å². The van der Waals surface area contributed by atoms with Crippen LogP contribution < -0.4 is 0 Å². The van der Waals surface area contributed by atoms with Crippen molar-refractivity contribution in [3.63, 3.8) is 0 Å². The number of hydrogen-bond acceptors (Lipinski definition) is 2. The van der Waals surface area contributed by atoms with Gasteiger partial charge in [0, 0.05) is 12.9 Å². The summed E-state index contributed by atoms with van der Waals surface area (Å²) in [6.45, 7) is 5.64. The molecule has 1 heterocycles. The number of rotatable bonds is 0. The van der Waals surface area contributed by atoms with Crippen molar-refractivity contribution < 1.29 is 6.58 Å². The van der Waals surface area contributed by atoms with Crippen molar-refractivity contribution >= 4 is 0 Å². The van der Waals surface area contributed by atoms with Crippen LogP contribution in [-0.2, 0) is 0 Å². The minimum absolute atomic E-state index is 0.212. The average Bonchev–Trinajstić information content (AvgIpc) is 1.95. The molecule has 1 aliphatic heterocycles. The maximum atomic E-state index is 9.43. The lowest BCUT2D eigenvalue weighted by Gasteiger charge is -2.27. The average molecular weight is 130 g/mol. The third-order valence-corrected chi connectivity index (χ3v) is 2.03. The topological polar surface area (TPSA) is 23.5 Å². The summed E-state index contributed by atoms with van der Waals surface area (Å²) < 4.78 is 7.62. The number of hydroxylamine groups is 2. The first-order valence-corrected chi connectivity index (χ1v) is 3.35. The van der Waals surface area contributed by atoms with Gasteiger partial charge in [-0.15, -0.1) is 0 Å². The largest absolute Gasteiger partial charge is 0.313 e. The van der Waals surface area contributed by atoms with Crippen LogP contribution in [0.5, 0.6) is 0 Å². The molecule has 0 aromatic carbocycles. The Morgan fingerprint density at radius 2 is 2.33 bits per heavy atom. The summed E-state index contributed by atoms with van der Waals surface area (Å²) in [7, 11) is 0. The third-order valence-electron chi connectivity index (χ3n) is 2.03. The Hall–Kier alpha value is -0.0800. The zero-order valence-corrected chi connectivity index (χ0v) is 6.31. The number of hydrogen-bond donors (Lipinski definition) is 1. The van der Waals surface area contributed by atoms with Gasteiger partial charge in [-0.05, 0) is 33.6 Å². The molecule has 0 aromatic heterocycles. The van der Waals surface area contributed by atoms with Crippen LogP contribution in [0.1, 0.15) is 35.0 Å². The fourth-order valence-corrected chi connectivity index (χ4v) is 1.22. The molecule has 0 saturated carbocycles. The molecule has 1 unspecified atom stereocenters. The Morgan fingerprint density at radius 3 is 2.44 bits per heavy atom. The molecule has 1 rings (SSSR count). The summed E-state index contributed by atoms with van der Waals surface area (Å²) in [6, 6.07) is -0.774. The van der Waals surface area contributed by atoms with Crippen molar-refractivity contribution in [2.45, 2.75) is 45.2 Å². The highest BCUT2D eigenvalue weighted by molar-refractivity contribution is 4.87. The smallest absolute Gasteiger partial charge is 0.0489 e. The monoisotopic (exact) mass is 130 g/mol. The molecule has 1 fully saturated rings. The molecule has 1 saturated heterocycles. The van der Waals surface area contributed by atoms with Crippen LogP contribution in [0.25, 0.3) is 0 Å². The first kappa shape index (κ1) is 5.69. The summed E-state index contributed by atoms with van der Waals surface area (Å²) in [5, 5.41) is 10.6. The normalized spacial score (nSPS) is 45.1. The summed E-state index contributed by atoms with van der Waals surface area (Å²) in [5.74, 6) is 0. The SMILES string of the molecule is [2H]C1(C)CCC(C)(C)N1O. The van der Waals surface area contributed by atoms with Gasteiger partial charge in [-0.1, -0.05) is 0 Å². The van der Waals surface area contributed by atoms with Gasteiger partial charge in [-0.2, -0.15) is 5.06 Å². The van der Waals surface area contributed by atoms with E-state index in [2.05, 4.69) is 0 Å². The van der Waals surface area contributed by atoms with E-state index in [-0.39, 0.29) is 5.54 Å². The van der Waals surface area contributed by atoms with Crippen LogP contribution in [0.15, 0.2) is 0 Å². The minimum atomic E-state index is -0.774. The molecule has 0 aliphatic carbocycles. The van der Waals surface area contributed by atoms with E-state index in [1.807, 2.05) is 13.8 Å². The van der Waals surface area contributed by atoms with Crippen molar-refractivity contribution in [1.82, 2.24) is 5.06 Å². The molecule has 2 heteroatoms. The van der Waals surface area contributed by atoms with Gasteiger partial charge in [-0.3, -0.25) is 0 Å². The third kappa shape index (κ3) is 1.10. The highest BCUT2D eigenvalue weighted by Gasteiger charge is 2.35. The molecular formula is C7H15NO. The van der Waals surface area contributed by atoms with E-state index in [0.717, 1.165) is 17.9 Å². The van der Waals surface area contributed by atoms with Crippen LogP contribution in [0, 0.1) is 0 Å². The predicted octanol–water partition coefficient (Wildman–Crippen LogP) is 1.64. The Bertz CT molecular complexity index is 129. The van der Waals surface area contributed by atoms with Gasteiger partial charge in [0.15, 0.2) is 0 Å². The Labute approximate surface area is 57.8 Å². The molecule has 0 bridgehead atoms. The molecule has 1 N–H and O–H groups in total. The van der Waals surface area contributed by atoms with E-state index in [4.69, 9.17) is 1.37 Å². The summed E-state index contributed by atoms with van der Waals surface area (Å²) >= 11 is 0. The van der Waals surface area contributed by atoms with Crippen molar-refractivity contribution in [3.05, 3.63) is 0 Å². The molecule has 0 aromatic rings. The van der Waals surface area contributed by atoms with E-state index >= 15 is 0 Å². The zero-order valence-electron chi connectivity index (χ0n) is 7.31. The van der Waals surface area contributed by atoms with Crippen molar-refractivity contribution in [3.8, 4) is 0 Å². The molecular weight excluding hydrogens is 114 g/mol. The standard InChI is InChI=1S/C7H15NO/c1-6-4-5-7(2,3)8(6)9/h6,9H,4-5H2,1-3H3/i6D. The minimum Gasteiger partial charge on any atom is -0.313 e. The second-order valence-corrected chi connectivity index (χ2v) is 3.36. The van der Waals surface area contributed by atoms with Crippen LogP contribution in [0.4, 0.5) is 0 Å². The summed E-state index contributed by atoms with van der Waals surface area (Å²) in [4.78, 5) is 0. The van der Waals surface area contributed by atoms with Gasteiger partial charge in [0.1, 0.15) is 0 Å². The zero-order chi connectivity index (χ0) is 7.99. The lowest BCUT2D eigenvalue weighted by molar-refractivity contribution is -0.159. The van der Waals surface area contributed by atoms with Gasteiger partial charge < -0.3 is 5.21 Å². The molecule has 0 radical (unpaired) electrons. The van der Waals surface area contributed by atoms with Crippen LogP contribution in [0.3, 0.4) is 0 Å². The van der Waals surface area contributed by atoms with Gasteiger partial charge in [0.25, 0.3) is 0 Å². The van der Waals surface area contributed by atoms with Crippen LogP contribution in [-0.4, -0.2) is 21.8 Å². The highest BCUT2D eigenvalue weighted by Crippen LogP contribution is 2.30. The number of nitrogens with zero attached hydrogens (tertiary/aromatic N) is 1. The highest BCUT2D eigenvalue weighted by atomic mass is 16.5. The predicted molar refractivity (Wildman–Crippen MR) is 36.4 cm³/mol. The maximum Gasteiger partial charge on any atom is 0.0489 e. The molecule has 2 nitrogen and oxygen atoms in total. The van der Waals surface area contributed by atoms with Crippen molar-refractivity contribution in [2.75, 3.05) is 0 Å². The molecule has 1 aliphatic rings. The second-order valence-electron chi connectivity index (χ2n) is 3.36. The van der Waals surface area contributed by atoms with Gasteiger partial charge in [-0.25, -0.2) is 0 Å². The fourth-order valence-electron chi connectivity index (χ4n) is 1.22. The summed E-state index contributed by atoms with van der Waals surface area (Å²) in [6.07, 6.45) is 1.64. The van der Waals surface area contributed by atoms with Gasteiger partial charge in [0.05, 0.1) is 0 Å². The van der Waals surface area contributed by atoms with E-state index in [0.29, 0.717) is 0 Å². The first-order valence-electron chi connectivity index (χ1n) is 3.85. The molecule has 0 spiro atoms. The maximum absolute atomic E-state index is 9.43. The second kappa shape index (κ2) is 1.96. The van der Waals surface area contributed by atoms with E-state index in [1.54, 1.807) is 6.92 Å². The first-order chi connectivity index (χ1) is 4.36. The van der Waals surface area contributed by atoms with Gasteiger partial charge in [0.2, 0.25) is 0 Å². The Kier molecular flexibility index (Phi) is 1.24. The quantitative estimate of drug-likeness (QED) is 0.539. The molecule has 0 amide bonds. The Balaban J connectivity index is 2.77. The Morgan fingerprint density at radius 1 is 1.78 bits per heavy atom. The van der Waals surface area contributed by atoms with Crippen LogP contribution >= 0.6 is 0 Å². The van der Waals surface area contributed by atoms with Crippen LogP contribution in [0.2, 0.25) is 0 Å². The molecule has 54 valence electrons. The van der Waals surface area contributed by atoms with E-state index in [1.165, 1.54) is 0 Å².